The lowest BCUT2D eigenvalue weighted by molar-refractivity contribution is -0.131. The number of carbonyl (C=O) groups is 1. The Morgan fingerprint density at radius 3 is 3.00 bits per heavy atom. The molecule has 0 bridgehead atoms. The number of carboxylic acid groups (broad SMARTS) is 1. The van der Waals surface area contributed by atoms with Gasteiger partial charge in [-0.05, 0) is 11.6 Å². The number of aliphatic imine (C=N–C) groups is 1. The van der Waals surface area contributed by atoms with Crippen molar-refractivity contribution in [2.75, 3.05) is 13.7 Å². The van der Waals surface area contributed by atoms with Crippen molar-refractivity contribution in [3.8, 4) is 5.75 Å². The van der Waals surface area contributed by atoms with Crippen LogP contribution in [0.15, 0.2) is 29.3 Å². The number of nitrogens with zero attached hydrogens (tertiary/aromatic N) is 1. The zero-order valence-corrected chi connectivity index (χ0v) is 9.42. The first-order valence-electron chi connectivity index (χ1n) is 5.27. The Bertz CT molecular complexity index is 456. The predicted octanol–water partition coefficient (Wildman–Crippen LogP) is 1.12. The van der Waals surface area contributed by atoms with Crippen LogP contribution in [-0.4, -0.2) is 36.7 Å². The van der Waals surface area contributed by atoms with E-state index in [-0.39, 0.29) is 12.0 Å². The smallest absolute Gasteiger partial charge is 0.391 e. The number of ether oxygens (including phenoxy) is 2. The minimum Gasteiger partial charge on any atom is -0.496 e. The molecule has 0 saturated carbocycles. The molecule has 5 heteroatoms. The first kappa shape index (κ1) is 11.4. The Labute approximate surface area is 98.7 Å². The maximum absolute atomic E-state index is 10.6. The summed E-state index contributed by atoms with van der Waals surface area (Å²) in [6.45, 7) is 0.375. The van der Waals surface area contributed by atoms with E-state index in [2.05, 4.69) is 4.99 Å². The summed E-state index contributed by atoms with van der Waals surface area (Å²) in [7, 11) is 1.60. The van der Waals surface area contributed by atoms with Crippen LogP contribution in [0.2, 0.25) is 0 Å². The molecule has 2 rings (SSSR count). The van der Waals surface area contributed by atoms with E-state index < -0.39 is 5.97 Å². The SMILES string of the molecule is COc1ccccc1CC1CN=C(C(=O)O)O1. The molecule has 0 saturated heterocycles. The van der Waals surface area contributed by atoms with Crippen molar-refractivity contribution in [2.24, 2.45) is 4.99 Å². The topological polar surface area (TPSA) is 68.1 Å². The highest BCUT2D eigenvalue weighted by Gasteiger charge is 2.25. The largest absolute Gasteiger partial charge is 0.496 e. The lowest BCUT2D eigenvalue weighted by Crippen LogP contribution is -2.20. The zero-order chi connectivity index (χ0) is 12.3. The van der Waals surface area contributed by atoms with Gasteiger partial charge in [-0.15, -0.1) is 0 Å². The van der Waals surface area contributed by atoms with Crippen molar-refractivity contribution in [3.05, 3.63) is 29.8 Å². The zero-order valence-electron chi connectivity index (χ0n) is 9.42. The van der Waals surface area contributed by atoms with Crippen LogP contribution in [0.25, 0.3) is 0 Å². The molecule has 1 aromatic rings. The fourth-order valence-corrected chi connectivity index (χ4v) is 1.76. The fraction of sp³-hybridized carbons (Fsp3) is 0.333. The number of hydrogen-bond acceptors (Lipinski definition) is 4. The van der Waals surface area contributed by atoms with E-state index in [1.54, 1.807) is 7.11 Å². The third-order valence-corrected chi connectivity index (χ3v) is 2.54. The molecule has 0 amide bonds. The number of carboxylic acids is 1. The van der Waals surface area contributed by atoms with Crippen LogP contribution in [0.5, 0.6) is 5.75 Å². The van der Waals surface area contributed by atoms with E-state index >= 15 is 0 Å². The molecular weight excluding hydrogens is 222 g/mol. The summed E-state index contributed by atoms with van der Waals surface area (Å²) in [6, 6.07) is 7.59. The monoisotopic (exact) mass is 235 g/mol. The summed E-state index contributed by atoms with van der Waals surface area (Å²) in [5.74, 6) is -0.544. The average Bonchev–Trinajstić information content (AvgIpc) is 2.78. The van der Waals surface area contributed by atoms with E-state index in [1.807, 2.05) is 24.3 Å². The van der Waals surface area contributed by atoms with Gasteiger partial charge in [0.1, 0.15) is 11.9 Å². The van der Waals surface area contributed by atoms with E-state index in [9.17, 15) is 4.79 Å². The van der Waals surface area contributed by atoms with Crippen molar-refractivity contribution in [1.82, 2.24) is 0 Å². The van der Waals surface area contributed by atoms with Gasteiger partial charge in [0.25, 0.3) is 5.90 Å². The molecule has 1 aliphatic heterocycles. The Hall–Kier alpha value is -2.04. The highest BCUT2D eigenvalue weighted by atomic mass is 16.5. The van der Waals surface area contributed by atoms with E-state index in [0.29, 0.717) is 13.0 Å². The first-order chi connectivity index (χ1) is 8.20. The first-order valence-corrected chi connectivity index (χ1v) is 5.27. The molecule has 0 radical (unpaired) electrons. The van der Waals surface area contributed by atoms with Gasteiger partial charge in [0.05, 0.1) is 13.7 Å². The van der Waals surface area contributed by atoms with Crippen LogP contribution >= 0.6 is 0 Å². The van der Waals surface area contributed by atoms with Gasteiger partial charge in [-0.1, -0.05) is 18.2 Å². The van der Waals surface area contributed by atoms with Gasteiger partial charge < -0.3 is 14.6 Å². The Morgan fingerprint density at radius 1 is 1.59 bits per heavy atom. The third kappa shape index (κ3) is 2.55. The fourth-order valence-electron chi connectivity index (χ4n) is 1.76. The summed E-state index contributed by atoms with van der Waals surface area (Å²) in [5.41, 5.74) is 0.988. The Balaban J connectivity index is 2.02. The van der Waals surface area contributed by atoms with Crippen LogP contribution in [0, 0.1) is 0 Å². The molecule has 17 heavy (non-hydrogen) atoms. The van der Waals surface area contributed by atoms with Crippen molar-refractivity contribution >= 4 is 11.9 Å². The molecule has 5 nitrogen and oxygen atoms in total. The molecule has 1 N–H and O–H groups in total. The summed E-state index contributed by atoms with van der Waals surface area (Å²) >= 11 is 0. The summed E-state index contributed by atoms with van der Waals surface area (Å²) < 4.78 is 10.4. The van der Waals surface area contributed by atoms with Crippen LogP contribution < -0.4 is 4.74 Å². The predicted molar refractivity (Wildman–Crippen MR) is 61.5 cm³/mol. The number of para-hydroxylation sites is 1. The Kier molecular flexibility index (Phi) is 3.27. The highest BCUT2D eigenvalue weighted by Crippen LogP contribution is 2.21. The van der Waals surface area contributed by atoms with Gasteiger partial charge in [-0.25, -0.2) is 9.79 Å². The van der Waals surface area contributed by atoms with Crippen molar-refractivity contribution in [1.29, 1.82) is 0 Å². The number of aliphatic carboxylic acids is 1. The highest BCUT2D eigenvalue weighted by molar-refractivity contribution is 6.32. The van der Waals surface area contributed by atoms with Crippen molar-refractivity contribution in [3.63, 3.8) is 0 Å². The van der Waals surface area contributed by atoms with Gasteiger partial charge in [-0.3, -0.25) is 0 Å². The summed E-state index contributed by atoms with van der Waals surface area (Å²) in [6.07, 6.45) is 0.363. The molecule has 1 atom stereocenters. The van der Waals surface area contributed by atoms with Crippen molar-refractivity contribution in [2.45, 2.75) is 12.5 Å². The Morgan fingerprint density at radius 2 is 2.35 bits per heavy atom. The van der Waals surface area contributed by atoms with Crippen LogP contribution in [0.4, 0.5) is 0 Å². The molecule has 0 aliphatic carbocycles. The maximum Gasteiger partial charge on any atom is 0.391 e. The minimum absolute atomic E-state index is 0.204. The van der Waals surface area contributed by atoms with E-state index in [0.717, 1.165) is 11.3 Å². The molecule has 1 unspecified atom stereocenters. The lowest BCUT2D eigenvalue weighted by atomic mass is 10.1. The molecular formula is C12H13NO4. The van der Waals surface area contributed by atoms with Gasteiger partial charge in [0.2, 0.25) is 0 Å². The summed E-state index contributed by atoms with van der Waals surface area (Å²) in [4.78, 5) is 14.5. The number of hydrogen-bond donors (Lipinski definition) is 1. The maximum atomic E-state index is 10.6. The number of methoxy groups -OCH3 is 1. The minimum atomic E-state index is -1.12. The molecule has 1 heterocycles. The van der Waals surface area contributed by atoms with Crippen molar-refractivity contribution < 1.29 is 19.4 Å². The molecule has 0 spiro atoms. The second-order valence-corrected chi connectivity index (χ2v) is 3.71. The van der Waals surface area contributed by atoms with E-state index in [1.165, 1.54) is 0 Å². The average molecular weight is 235 g/mol. The molecule has 1 aliphatic rings. The molecule has 0 aromatic heterocycles. The second-order valence-electron chi connectivity index (χ2n) is 3.71. The van der Waals surface area contributed by atoms with Gasteiger partial charge in [-0.2, -0.15) is 0 Å². The quantitative estimate of drug-likeness (QED) is 0.849. The normalized spacial score (nSPS) is 18.4. The third-order valence-electron chi connectivity index (χ3n) is 2.54. The molecule has 90 valence electrons. The van der Waals surface area contributed by atoms with Crippen LogP contribution in [0.1, 0.15) is 5.56 Å². The summed E-state index contributed by atoms with van der Waals surface area (Å²) in [5, 5.41) is 8.72. The lowest BCUT2D eigenvalue weighted by Gasteiger charge is -2.12. The van der Waals surface area contributed by atoms with Gasteiger partial charge >= 0.3 is 5.97 Å². The van der Waals surface area contributed by atoms with Crippen LogP contribution in [0.3, 0.4) is 0 Å². The number of rotatable bonds is 4. The molecule has 1 aromatic carbocycles. The molecule has 0 fully saturated rings. The van der Waals surface area contributed by atoms with Gasteiger partial charge in [0.15, 0.2) is 0 Å². The van der Waals surface area contributed by atoms with Crippen LogP contribution in [-0.2, 0) is 16.0 Å². The second kappa shape index (κ2) is 4.86. The van der Waals surface area contributed by atoms with E-state index in [4.69, 9.17) is 14.6 Å². The number of benzene rings is 1. The van der Waals surface area contributed by atoms with Gasteiger partial charge in [0, 0.05) is 6.42 Å². The standard InChI is InChI=1S/C12H13NO4/c1-16-10-5-3-2-4-8(10)6-9-7-13-11(17-9)12(14)15/h2-5,9H,6-7H2,1H3,(H,14,15).